The Labute approximate surface area is 139 Å². The summed E-state index contributed by atoms with van der Waals surface area (Å²) in [5.74, 6) is -0.889. The molecule has 0 bridgehead atoms. The lowest BCUT2D eigenvalue weighted by atomic mass is 9.71. The lowest BCUT2D eigenvalue weighted by molar-refractivity contribution is -0.144. The van der Waals surface area contributed by atoms with Crippen molar-refractivity contribution >= 4 is 17.7 Å². The maximum absolute atomic E-state index is 13.1. The van der Waals surface area contributed by atoms with Crippen molar-refractivity contribution in [1.29, 1.82) is 0 Å². The molecule has 1 aliphatic heterocycles. The van der Waals surface area contributed by atoms with Crippen molar-refractivity contribution in [2.24, 2.45) is 22.2 Å². The Morgan fingerprint density at radius 1 is 1.17 bits per heavy atom. The fourth-order valence-electron chi connectivity index (χ4n) is 5.51. The van der Waals surface area contributed by atoms with E-state index < -0.39 is 16.7 Å². The molecule has 0 unspecified atom stereocenters. The molecule has 3 atom stereocenters. The van der Waals surface area contributed by atoms with E-state index in [4.69, 9.17) is 0 Å². The predicted octanol–water partition coefficient (Wildman–Crippen LogP) is 1.85. The number of amides is 3. The van der Waals surface area contributed by atoms with Crippen LogP contribution in [0.2, 0.25) is 0 Å². The summed E-state index contributed by atoms with van der Waals surface area (Å²) < 4.78 is 0. The van der Waals surface area contributed by atoms with Crippen LogP contribution in [0, 0.1) is 22.2 Å². The number of hydrogen-bond acceptors (Lipinski definition) is 4. The number of benzene rings is 1. The van der Waals surface area contributed by atoms with Crippen LogP contribution in [-0.4, -0.2) is 27.8 Å². The third-order valence-electron chi connectivity index (χ3n) is 6.69. The number of nitrogens with zero attached hydrogens (tertiary/aromatic N) is 1. The Morgan fingerprint density at radius 3 is 2.33 bits per heavy atom. The third kappa shape index (κ3) is 1.41. The van der Waals surface area contributed by atoms with Crippen molar-refractivity contribution in [1.82, 2.24) is 10.4 Å². The number of hydrazine groups is 1. The minimum atomic E-state index is -0.736. The lowest BCUT2D eigenvalue weighted by Crippen LogP contribution is -2.47. The van der Waals surface area contributed by atoms with Crippen molar-refractivity contribution in [2.45, 2.75) is 33.6 Å². The molecule has 2 N–H and O–H groups in total. The Hall–Kier alpha value is -2.37. The number of nitrogens with one attached hydrogen (secondary N) is 1. The molecule has 4 rings (SSSR count). The van der Waals surface area contributed by atoms with Crippen LogP contribution in [0.3, 0.4) is 0 Å². The van der Waals surface area contributed by atoms with Gasteiger partial charge in [0.05, 0.1) is 10.8 Å². The number of aromatic hydroxyl groups is 1. The van der Waals surface area contributed by atoms with Gasteiger partial charge in [-0.25, -0.2) is 0 Å². The standard InChI is InChI=1S/C18H20N2O4/c1-16(2)12-8-9-17(3)14(23)20(15(24)18(12,16)17)19-13(22)10-4-6-11(21)7-5-10/h4-7,12,21H,8-9H2,1-3H3,(H,19,22)/t12-,17-,18-/m0/s1. The van der Waals surface area contributed by atoms with Crippen molar-refractivity contribution in [2.75, 3.05) is 0 Å². The van der Waals surface area contributed by atoms with Gasteiger partial charge in [-0.2, -0.15) is 5.01 Å². The summed E-state index contributed by atoms with van der Waals surface area (Å²) in [7, 11) is 0. The first-order valence-electron chi connectivity index (χ1n) is 8.17. The highest BCUT2D eigenvalue weighted by molar-refractivity contribution is 6.14. The molecule has 6 nitrogen and oxygen atoms in total. The van der Waals surface area contributed by atoms with E-state index in [0.29, 0.717) is 6.42 Å². The third-order valence-corrected chi connectivity index (χ3v) is 6.69. The second-order valence-corrected chi connectivity index (χ2v) is 7.89. The quantitative estimate of drug-likeness (QED) is 0.811. The van der Waals surface area contributed by atoms with E-state index in [2.05, 4.69) is 5.43 Å². The van der Waals surface area contributed by atoms with Crippen molar-refractivity contribution in [3.05, 3.63) is 29.8 Å². The number of rotatable bonds is 2. The van der Waals surface area contributed by atoms with Crippen LogP contribution >= 0.6 is 0 Å². The molecule has 1 spiro atoms. The average molecular weight is 328 g/mol. The molecule has 1 aromatic rings. The Morgan fingerprint density at radius 2 is 1.79 bits per heavy atom. The van der Waals surface area contributed by atoms with Gasteiger partial charge in [0.15, 0.2) is 0 Å². The summed E-state index contributed by atoms with van der Waals surface area (Å²) in [6.45, 7) is 5.92. The van der Waals surface area contributed by atoms with E-state index in [1.165, 1.54) is 24.3 Å². The SMILES string of the molecule is CC1(C)[C@@H]2CC[C@@]3(C)C(=O)N(NC(=O)c4ccc(O)cc4)C(=O)[C@@]213. The summed E-state index contributed by atoms with van der Waals surface area (Å²) in [6.07, 6.45) is 1.55. The second kappa shape index (κ2) is 4.18. The van der Waals surface area contributed by atoms with Crippen LogP contribution in [0.1, 0.15) is 44.0 Å². The van der Waals surface area contributed by atoms with E-state index in [-0.39, 0.29) is 34.5 Å². The average Bonchev–Trinajstić information content (AvgIpc) is 2.78. The fourth-order valence-corrected chi connectivity index (χ4v) is 5.51. The molecular weight excluding hydrogens is 308 g/mol. The summed E-state index contributed by atoms with van der Waals surface area (Å²) >= 11 is 0. The van der Waals surface area contributed by atoms with Gasteiger partial charge in [0.2, 0.25) is 0 Å². The number of hydrogen-bond donors (Lipinski definition) is 2. The summed E-state index contributed by atoms with van der Waals surface area (Å²) in [5, 5.41) is 10.2. The van der Waals surface area contributed by atoms with Crippen LogP contribution in [0.15, 0.2) is 24.3 Å². The molecule has 3 aliphatic rings. The minimum absolute atomic E-state index is 0.0448. The zero-order valence-corrected chi connectivity index (χ0v) is 13.9. The normalized spacial score (nSPS) is 35.6. The van der Waals surface area contributed by atoms with Gasteiger partial charge in [0.25, 0.3) is 17.7 Å². The van der Waals surface area contributed by atoms with Crippen molar-refractivity contribution < 1.29 is 19.5 Å². The van der Waals surface area contributed by atoms with Gasteiger partial charge in [-0.3, -0.25) is 19.8 Å². The number of phenolic OH excluding ortho intramolecular Hbond substituents is 1. The van der Waals surface area contributed by atoms with Gasteiger partial charge in [-0.15, -0.1) is 0 Å². The second-order valence-electron chi connectivity index (χ2n) is 7.89. The molecule has 2 saturated carbocycles. The highest BCUT2D eigenvalue weighted by Crippen LogP contribution is 2.85. The summed E-state index contributed by atoms with van der Waals surface area (Å²) in [4.78, 5) is 38.3. The first kappa shape index (κ1) is 15.2. The Kier molecular flexibility index (Phi) is 2.64. The largest absolute Gasteiger partial charge is 0.508 e. The Balaban J connectivity index is 1.64. The number of carbonyl (C=O) groups excluding carboxylic acids is 3. The van der Waals surface area contributed by atoms with Gasteiger partial charge >= 0.3 is 0 Å². The summed E-state index contributed by atoms with van der Waals surface area (Å²) in [5.41, 5.74) is 1.11. The minimum Gasteiger partial charge on any atom is -0.508 e. The maximum atomic E-state index is 13.1. The lowest BCUT2D eigenvalue weighted by Gasteiger charge is -2.27. The van der Waals surface area contributed by atoms with E-state index in [0.717, 1.165) is 11.4 Å². The van der Waals surface area contributed by atoms with E-state index in [1.807, 2.05) is 20.8 Å². The molecule has 126 valence electrons. The Bertz CT molecular complexity index is 785. The predicted molar refractivity (Wildman–Crippen MR) is 84.5 cm³/mol. The molecule has 1 heterocycles. The monoisotopic (exact) mass is 328 g/mol. The number of carbonyl (C=O) groups is 3. The molecule has 0 radical (unpaired) electrons. The molecule has 2 aliphatic carbocycles. The first-order valence-corrected chi connectivity index (χ1v) is 8.17. The highest BCUT2D eigenvalue weighted by atomic mass is 16.3. The topological polar surface area (TPSA) is 86.7 Å². The molecule has 3 fully saturated rings. The molecule has 1 saturated heterocycles. The van der Waals surface area contributed by atoms with Gasteiger partial charge in [-0.1, -0.05) is 13.8 Å². The van der Waals surface area contributed by atoms with Gasteiger partial charge < -0.3 is 5.11 Å². The zero-order valence-electron chi connectivity index (χ0n) is 13.9. The van der Waals surface area contributed by atoms with Crippen LogP contribution in [0.5, 0.6) is 5.75 Å². The van der Waals surface area contributed by atoms with Crippen molar-refractivity contribution in [3.63, 3.8) is 0 Å². The molecular formula is C18H20N2O4. The molecule has 24 heavy (non-hydrogen) atoms. The van der Waals surface area contributed by atoms with E-state index >= 15 is 0 Å². The molecule has 0 aromatic heterocycles. The van der Waals surface area contributed by atoms with Gasteiger partial charge in [0.1, 0.15) is 5.75 Å². The molecule has 6 heteroatoms. The smallest absolute Gasteiger partial charge is 0.270 e. The fraction of sp³-hybridized carbons (Fsp3) is 0.500. The van der Waals surface area contributed by atoms with Crippen molar-refractivity contribution in [3.8, 4) is 5.75 Å². The number of imide groups is 1. The zero-order chi connectivity index (χ0) is 17.5. The van der Waals surface area contributed by atoms with Gasteiger partial charge in [-0.05, 0) is 55.4 Å². The molecule has 3 amide bonds. The highest BCUT2D eigenvalue weighted by Gasteiger charge is 2.90. The van der Waals surface area contributed by atoms with Crippen LogP contribution in [0.4, 0.5) is 0 Å². The maximum Gasteiger partial charge on any atom is 0.270 e. The molecule has 1 aromatic carbocycles. The van der Waals surface area contributed by atoms with Crippen LogP contribution in [0.25, 0.3) is 0 Å². The van der Waals surface area contributed by atoms with Gasteiger partial charge in [0, 0.05) is 5.56 Å². The van der Waals surface area contributed by atoms with Crippen LogP contribution < -0.4 is 5.43 Å². The summed E-state index contributed by atoms with van der Waals surface area (Å²) in [6, 6.07) is 5.66. The number of phenols is 1. The van der Waals surface area contributed by atoms with Crippen LogP contribution in [-0.2, 0) is 9.59 Å². The van der Waals surface area contributed by atoms with E-state index in [9.17, 15) is 19.5 Å². The van der Waals surface area contributed by atoms with E-state index in [1.54, 1.807) is 0 Å². The first-order chi connectivity index (χ1) is 11.2.